The Morgan fingerprint density at radius 3 is 2.75 bits per heavy atom. The molecule has 0 unspecified atom stereocenters. The molecule has 2 heterocycles. The number of rotatable bonds is 1. The zero-order valence-electron chi connectivity index (χ0n) is 8.55. The third-order valence-corrected chi connectivity index (χ3v) is 3.51. The van der Waals surface area contributed by atoms with E-state index >= 15 is 0 Å². The van der Waals surface area contributed by atoms with Crippen LogP contribution in [-0.4, -0.2) is 4.98 Å². The normalized spacial score (nSPS) is 10.8. The average Bonchev–Trinajstić information content (AvgIpc) is 2.74. The van der Waals surface area contributed by atoms with Gasteiger partial charge in [0, 0.05) is 21.0 Å². The minimum absolute atomic E-state index is 0.697. The SMILES string of the molecule is Nc1ccc(-c2csc3ccccc23)nc1. The van der Waals surface area contributed by atoms with E-state index in [9.17, 15) is 0 Å². The Hall–Kier alpha value is -1.87. The first-order valence-corrected chi connectivity index (χ1v) is 5.91. The summed E-state index contributed by atoms with van der Waals surface area (Å²) < 4.78 is 1.29. The van der Waals surface area contributed by atoms with Gasteiger partial charge in [0.15, 0.2) is 0 Å². The van der Waals surface area contributed by atoms with Gasteiger partial charge in [-0.25, -0.2) is 0 Å². The highest BCUT2D eigenvalue weighted by Gasteiger charge is 2.06. The number of nitrogen functional groups attached to an aromatic ring is 1. The maximum atomic E-state index is 5.63. The number of benzene rings is 1. The van der Waals surface area contributed by atoms with E-state index in [1.54, 1.807) is 17.5 Å². The quantitative estimate of drug-likeness (QED) is 0.689. The van der Waals surface area contributed by atoms with E-state index in [4.69, 9.17) is 5.73 Å². The van der Waals surface area contributed by atoms with Gasteiger partial charge < -0.3 is 5.73 Å². The number of fused-ring (bicyclic) bond motifs is 1. The summed E-state index contributed by atoms with van der Waals surface area (Å²) in [6.45, 7) is 0. The van der Waals surface area contributed by atoms with Crippen LogP contribution in [0.3, 0.4) is 0 Å². The van der Waals surface area contributed by atoms with E-state index in [0.717, 1.165) is 5.69 Å². The van der Waals surface area contributed by atoms with Crippen molar-refractivity contribution in [2.75, 3.05) is 5.73 Å². The Bertz CT molecular complexity index is 626. The third kappa shape index (κ3) is 1.46. The van der Waals surface area contributed by atoms with Crippen molar-refractivity contribution in [3.05, 3.63) is 48.0 Å². The topological polar surface area (TPSA) is 38.9 Å². The number of aromatic nitrogens is 1. The molecule has 2 aromatic heterocycles. The fraction of sp³-hybridized carbons (Fsp3) is 0. The molecule has 0 amide bonds. The number of anilines is 1. The van der Waals surface area contributed by atoms with Gasteiger partial charge in [0.25, 0.3) is 0 Å². The van der Waals surface area contributed by atoms with Crippen LogP contribution >= 0.6 is 11.3 Å². The molecular weight excluding hydrogens is 216 g/mol. The standard InChI is InChI=1S/C13H10N2S/c14-9-5-6-12(15-7-9)11-8-16-13-4-2-1-3-10(11)13/h1-8H,14H2. The summed E-state index contributed by atoms with van der Waals surface area (Å²) in [5.41, 5.74) is 8.49. The zero-order chi connectivity index (χ0) is 11.0. The molecule has 0 aliphatic carbocycles. The van der Waals surface area contributed by atoms with Crippen LogP contribution in [0, 0.1) is 0 Å². The summed E-state index contributed by atoms with van der Waals surface area (Å²) in [7, 11) is 0. The fourth-order valence-corrected chi connectivity index (χ4v) is 2.70. The molecule has 78 valence electrons. The molecule has 0 bridgehead atoms. The van der Waals surface area contributed by atoms with Crippen molar-refractivity contribution in [2.24, 2.45) is 0 Å². The molecule has 0 saturated carbocycles. The summed E-state index contributed by atoms with van der Waals surface area (Å²) in [5, 5.41) is 3.40. The highest BCUT2D eigenvalue weighted by atomic mass is 32.1. The molecule has 0 saturated heterocycles. The van der Waals surface area contributed by atoms with Gasteiger partial charge in [-0.3, -0.25) is 4.98 Å². The molecular formula is C13H10N2S. The van der Waals surface area contributed by atoms with Crippen LogP contribution in [-0.2, 0) is 0 Å². The van der Waals surface area contributed by atoms with Crippen LogP contribution < -0.4 is 5.73 Å². The van der Waals surface area contributed by atoms with Crippen LogP contribution in [0.2, 0.25) is 0 Å². The monoisotopic (exact) mass is 226 g/mol. The first-order chi connectivity index (χ1) is 7.84. The summed E-state index contributed by atoms with van der Waals surface area (Å²) >= 11 is 1.74. The summed E-state index contributed by atoms with van der Waals surface area (Å²) in [5.74, 6) is 0. The summed E-state index contributed by atoms with van der Waals surface area (Å²) in [4.78, 5) is 4.35. The largest absolute Gasteiger partial charge is 0.397 e. The van der Waals surface area contributed by atoms with Crippen molar-refractivity contribution in [3.8, 4) is 11.3 Å². The molecule has 0 radical (unpaired) electrons. The maximum absolute atomic E-state index is 5.63. The number of nitrogens with two attached hydrogens (primary N) is 1. The Morgan fingerprint density at radius 2 is 1.94 bits per heavy atom. The van der Waals surface area contributed by atoms with Crippen molar-refractivity contribution in [2.45, 2.75) is 0 Å². The first-order valence-electron chi connectivity index (χ1n) is 5.03. The molecule has 0 aliphatic heterocycles. The van der Waals surface area contributed by atoms with Gasteiger partial charge in [0.2, 0.25) is 0 Å². The van der Waals surface area contributed by atoms with Crippen molar-refractivity contribution >= 4 is 27.1 Å². The molecule has 0 fully saturated rings. The number of nitrogens with zero attached hydrogens (tertiary/aromatic N) is 1. The Morgan fingerprint density at radius 1 is 1.06 bits per heavy atom. The number of thiophene rings is 1. The van der Waals surface area contributed by atoms with Gasteiger partial charge in [-0.15, -0.1) is 11.3 Å². The molecule has 1 aromatic carbocycles. The molecule has 3 rings (SSSR count). The predicted octanol–water partition coefficient (Wildman–Crippen LogP) is 3.55. The second-order valence-electron chi connectivity index (χ2n) is 3.62. The second-order valence-corrected chi connectivity index (χ2v) is 4.53. The molecule has 2 nitrogen and oxygen atoms in total. The van der Waals surface area contributed by atoms with E-state index < -0.39 is 0 Å². The lowest BCUT2D eigenvalue weighted by molar-refractivity contribution is 1.34. The van der Waals surface area contributed by atoms with Crippen molar-refractivity contribution in [1.29, 1.82) is 0 Å². The molecule has 3 heteroatoms. The highest BCUT2D eigenvalue weighted by Crippen LogP contribution is 2.32. The molecule has 16 heavy (non-hydrogen) atoms. The van der Waals surface area contributed by atoms with Gasteiger partial charge >= 0.3 is 0 Å². The van der Waals surface area contributed by atoms with Gasteiger partial charge in [-0.2, -0.15) is 0 Å². The predicted molar refractivity (Wildman–Crippen MR) is 69.5 cm³/mol. The highest BCUT2D eigenvalue weighted by molar-refractivity contribution is 7.17. The zero-order valence-corrected chi connectivity index (χ0v) is 9.37. The second kappa shape index (κ2) is 3.61. The molecule has 3 aromatic rings. The minimum Gasteiger partial charge on any atom is -0.397 e. The number of hydrogen-bond donors (Lipinski definition) is 1. The minimum atomic E-state index is 0.697. The molecule has 0 atom stereocenters. The van der Waals surface area contributed by atoms with Crippen LogP contribution in [0.1, 0.15) is 0 Å². The van der Waals surface area contributed by atoms with Crippen LogP contribution in [0.4, 0.5) is 5.69 Å². The van der Waals surface area contributed by atoms with E-state index in [0.29, 0.717) is 5.69 Å². The van der Waals surface area contributed by atoms with Gasteiger partial charge in [-0.1, -0.05) is 18.2 Å². The lowest BCUT2D eigenvalue weighted by atomic mass is 10.1. The third-order valence-electron chi connectivity index (χ3n) is 2.54. The fourth-order valence-electron chi connectivity index (χ4n) is 1.74. The Balaban J connectivity index is 2.22. The van der Waals surface area contributed by atoms with E-state index in [-0.39, 0.29) is 0 Å². The Kier molecular flexibility index (Phi) is 2.11. The average molecular weight is 226 g/mol. The Labute approximate surface area is 97.4 Å². The van der Waals surface area contributed by atoms with E-state index in [1.165, 1.54) is 15.6 Å². The molecule has 0 spiro atoms. The van der Waals surface area contributed by atoms with Crippen molar-refractivity contribution in [3.63, 3.8) is 0 Å². The van der Waals surface area contributed by atoms with E-state index in [1.807, 2.05) is 12.1 Å². The van der Waals surface area contributed by atoms with Crippen LogP contribution in [0.25, 0.3) is 21.3 Å². The summed E-state index contributed by atoms with van der Waals surface area (Å²) in [6, 6.07) is 12.2. The number of hydrogen-bond acceptors (Lipinski definition) is 3. The number of pyridine rings is 1. The van der Waals surface area contributed by atoms with Crippen molar-refractivity contribution in [1.82, 2.24) is 4.98 Å². The summed E-state index contributed by atoms with van der Waals surface area (Å²) in [6.07, 6.45) is 1.70. The lowest BCUT2D eigenvalue weighted by Crippen LogP contribution is -1.87. The van der Waals surface area contributed by atoms with Crippen molar-refractivity contribution < 1.29 is 0 Å². The van der Waals surface area contributed by atoms with Crippen LogP contribution in [0.15, 0.2) is 48.0 Å². The molecule has 0 aliphatic rings. The lowest BCUT2D eigenvalue weighted by Gasteiger charge is -1.99. The van der Waals surface area contributed by atoms with Crippen LogP contribution in [0.5, 0.6) is 0 Å². The van der Waals surface area contributed by atoms with Gasteiger partial charge in [0.05, 0.1) is 17.6 Å². The van der Waals surface area contributed by atoms with Gasteiger partial charge in [0.1, 0.15) is 0 Å². The van der Waals surface area contributed by atoms with Gasteiger partial charge in [-0.05, 0) is 18.2 Å². The maximum Gasteiger partial charge on any atom is 0.0718 e. The van der Waals surface area contributed by atoms with E-state index in [2.05, 4.69) is 34.6 Å². The smallest absolute Gasteiger partial charge is 0.0718 e. The first kappa shape index (κ1) is 9.36. The molecule has 2 N–H and O–H groups in total.